The molecular weight excluding hydrogens is 350 g/mol. The Kier molecular flexibility index (Phi) is 5.56. The zero-order valence-electron chi connectivity index (χ0n) is 13.5. The molecule has 6 nitrogen and oxygen atoms in total. The Balaban J connectivity index is 2.03. The van der Waals surface area contributed by atoms with Crippen molar-refractivity contribution in [2.24, 2.45) is 0 Å². The Labute approximate surface area is 149 Å². The first-order valence-electron chi connectivity index (χ1n) is 7.22. The number of hydrogen-bond acceptors (Lipinski definition) is 4. The minimum absolute atomic E-state index is 0.215. The van der Waals surface area contributed by atoms with Gasteiger partial charge in [-0.05, 0) is 32.9 Å². The number of carbonyl (C=O) groups is 2. The van der Waals surface area contributed by atoms with Gasteiger partial charge in [0.2, 0.25) is 5.91 Å². The van der Waals surface area contributed by atoms with Crippen molar-refractivity contribution in [2.45, 2.75) is 36.5 Å². The predicted molar refractivity (Wildman–Crippen MR) is 94.6 cm³/mol. The quantitative estimate of drug-likeness (QED) is 0.763. The molecule has 0 aliphatic carbocycles. The highest BCUT2D eigenvalue weighted by atomic mass is 35.5. The standard InChI is InChI=1S/C16H18ClN3O3S/c1-10(24-13-7-5-4-6-12(13)17)14(21)19-11-8-18-20(9-11)16(2,3)15(22)23/h4-10H,1-3H3,(H,19,21)(H,22,23). The fourth-order valence-electron chi connectivity index (χ4n) is 1.82. The molecule has 1 aromatic carbocycles. The van der Waals surface area contributed by atoms with Crippen LogP contribution in [0.2, 0.25) is 5.02 Å². The van der Waals surface area contributed by atoms with Crippen molar-refractivity contribution in [3.63, 3.8) is 0 Å². The van der Waals surface area contributed by atoms with Crippen molar-refractivity contribution in [3.05, 3.63) is 41.7 Å². The van der Waals surface area contributed by atoms with Gasteiger partial charge in [0.1, 0.15) is 0 Å². The fourth-order valence-corrected chi connectivity index (χ4v) is 2.97. The lowest BCUT2D eigenvalue weighted by atomic mass is 10.1. The van der Waals surface area contributed by atoms with Crippen LogP contribution in [-0.4, -0.2) is 32.0 Å². The van der Waals surface area contributed by atoms with Crippen LogP contribution in [0.4, 0.5) is 5.69 Å². The first-order chi connectivity index (χ1) is 11.2. The number of aromatic nitrogens is 2. The molecule has 1 heterocycles. The van der Waals surface area contributed by atoms with Crippen LogP contribution in [0.3, 0.4) is 0 Å². The minimum atomic E-state index is -1.19. The van der Waals surface area contributed by atoms with E-state index in [-0.39, 0.29) is 11.2 Å². The maximum absolute atomic E-state index is 12.3. The molecule has 0 radical (unpaired) electrons. The van der Waals surface area contributed by atoms with Crippen molar-refractivity contribution in [1.29, 1.82) is 0 Å². The molecule has 2 rings (SSSR count). The van der Waals surface area contributed by atoms with E-state index in [2.05, 4.69) is 10.4 Å². The van der Waals surface area contributed by atoms with Gasteiger partial charge in [-0.25, -0.2) is 4.79 Å². The number of thioether (sulfide) groups is 1. The molecule has 24 heavy (non-hydrogen) atoms. The minimum Gasteiger partial charge on any atom is -0.479 e. The van der Waals surface area contributed by atoms with E-state index in [1.807, 2.05) is 18.2 Å². The van der Waals surface area contributed by atoms with Gasteiger partial charge in [0.05, 0.1) is 22.2 Å². The Hall–Kier alpha value is -1.99. The van der Waals surface area contributed by atoms with E-state index in [4.69, 9.17) is 11.6 Å². The first kappa shape index (κ1) is 18.4. The number of hydrogen-bond donors (Lipinski definition) is 2. The number of carbonyl (C=O) groups excluding carboxylic acids is 1. The van der Waals surface area contributed by atoms with Gasteiger partial charge < -0.3 is 10.4 Å². The normalized spacial score (nSPS) is 12.7. The van der Waals surface area contributed by atoms with Gasteiger partial charge in [0.15, 0.2) is 5.54 Å². The zero-order valence-corrected chi connectivity index (χ0v) is 15.1. The number of halogens is 1. The lowest BCUT2D eigenvalue weighted by Crippen LogP contribution is -2.36. The molecule has 0 bridgehead atoms. The molecule has 0 fully saturated rings. The molecule has 0 saturated carbocycles. The van der Waals surface area contributed by atoms with Crippen molar-refractivity contribution in [2.75, 3.05) is 5.32 Å². The fraction of sp³-hybridized carbons (Fsp3) is 0.312. The molecule has 2 aromatic rings. The molecule has 0 aliphatic rings. The van der Waals surface area contributed by atoms with E-state index in [1.54, 1.807) is 13.0 Å². The summed E-state index contributed by atoms with van der Waals surface area (Å²) in [4.78, 5) is 24.3. The Bertz CT molecular complexity index is 761. The molecule has 8 heteroatoms. The van der Waals surface area contributed by atoms with Crippen LogP contribution in [0.25, 0.3) is 0 Å². The van der Waals surface area contributed by atoms with Crippen LogP contribution in [0.1, 0.15) is 20.8 Å². The van der Waals surface area contributed by atoms with E-state index in [9.17, 15) is 14.7 Å². The summed E-state index contributed by atoms with van der Waals surface area (Å²) in [5.41, 5.74) is -0.748. The summed E-state index contributed by atoms with van der Waals surface area (Å²) in [5, 5.41) is 16.2. The SMILES string of the molecule is CC(Sc1ccccc1Cl)C(=O)Nc1cnn(C(C)(C)C(=O)O)c1. The highest BCUT2D eigenvalue weighted by molar-refractivity contribution is 8.00. The number of carboxylic acids is 1. The maximum Gasteiger partial charge on any atom is 0.331 e. The molecule has 1 atom stereocenters. The van der Waals surface area contributed by atoms with Gasteiger partial charge in [-0.3, -0.25) is 9.48 Å². The topological polar surface area (TPSA) is 84.2 Å². The lowest BCUT2D eigenvalue weighted by Gasteiger charge is -2.19. The van der Waals surface area contributed by atoms with Crippen LogP contribution in [0, 0.1) is 0 Å². The highest BCUT2D eigenvalue weighted by Crippen LogP contribution is 2.30. The summed E-state index contributed by atoms with van der Waals surface area (Å²) in [6.45, 7) is 4.84. The lowest BCUT2D eigenvalue weighted by molar-refractivity contribution is -0.146. The van der Waals surface area contributed by atoms with Crippen molar-refractivity contribution < 1.29 is 14.7 Å². The Morgan fingerprint density at radius 1 is 1.38 bits per heavy atom. The maximum atomic E-state index is 12.3. The highest BCUT2D eigenvalue weighted by Gasteiger charge is 2.30. The van der Waals surface area contributed by atoms with Crippen LogP contribution in [0.15, 0.2) is 41.6 Å². The number of rotatable bonds is 6. The van der Waals surface area contributed by atoms with E-state index in [1.165, 1.54) is 42.7 Å². The number of amides is 1. The summed E-state index contributed by atoms with van der Waals surface area (Å²) < 4.78 is 1.30. The number of nitrogens with zero attached hydrogens (tertiary/aromatic N) is 2. The third-order valence-corrected chi connectivity index (χ3v) is 5.08. The van der Waals surface area contributed by atoms with E-state index < -0.39 is 11.5 Å². The van der Waals surface area contributed by atoms with Gasteiger partial charge in [-0.2, -0.15) is 5.10 Å². The van der Waals surface area contributed by atoms with Crippen molar-refractivity contribution >= 4 is 40.9 Å². The number of benzene rings is 1. The number of aliphatic carboxylic acids is 1. The third-order valence-electron chi connectivity index (χ3n) is 3.46. The van der Waals surface area contributed by atoms with Crippen LogP contribution < -0.4 is 5.32 Å². The van der Waals surface area contributed by atoms with Crippen LogP contribution in [0.5, 0.6) is 0 Å². The molecule has 0 aliphatic heterocycles. The second-order valence-corrected chi connectivity index (χ2v) is 7.51. The van der Waals surface area contributed by atoms with Crippen LogP contribution in [-0.2, 0) is 15.1 Å². The van der Waals surface area contributed by atoms with E-state index >= 15 is 0 Å². The molecular formula is C16H18ClN3O3S. The number of nitrogens with one attached hydrogen (secondary N) is 1. The van der Waals surface area contributed by atoms with Crippen molar-refractivity contribution in [1.82, 2.24) is 9.78 Å². The average molecular weight is 368 g/mol. The largest absolute Gasteiger partial charge is 0.479 e. The summed E-state index contributed by atoms with van der Waals surface area (Å²) in [6.07, 6.45) is 2.92. The number of anilines is 1. The Morgan fingerprint density at radius 3 is 2.67 bits per heavy atom. The van der Waals surface area contributed by atoms with Gasteiger partial charge in [-0.15, -0.1) is 11.8 Å². The van der Waals surface area contributed by atoms with Crippen molar-refractivity contribution in [3.8, 4) is 0 Å². The third kappa shape index (κ3) is 4.10. The molecule has 128 valence electrons. The van der Waals surface area contributed by atoms with Gasteiger partial charge in [0.25, 0.3) is 0 Å². The summed E-state index contributed by atoms with van der Waals surface area (Å²) in [7, 11) is 0. The molecule has 1 aromatic heterocycles. The molecule has 2 N–H and O–H groups in total. The van der Waals surface area contributed by atoms with Gasteiger partial charge >= 0.3 is 5.97 Å². The van der Waals surface area contributed by atoms with Gasteiger partial charge in [0, 0.05) is 11.1 Å². The van der Waals surface area contributed by atoms with E-state index in [0.717, 1.165) is 4.90 Å². The van der Waals surface area contributed by atoms with E-state index in [0.29, 0.717) is 10.7 Å². The molecule has 0 spiro atoms. The monoisotopic (exact) mass is 367 g/mol. The molecule has 1 unspecified atom stereocenters. The number of carboxylic acid groups (broad SMARTS) is 1. The predicted octanol–water partition coefficient (Wildman–Crippen LogP) is 3.48. The Morgan fingerprint density at radius 2 is 2.04 bits per heavy atom. The summed E-state index contributed by atoms with van der Waals surface area (Å²) in [6, 6.07) is 7.31. The molecule has 0 saturated heterocycles. The van der Waals surface area contributed by atoms with Crippen LogP contribution >= 0.6 is 23.4 Å². The second kappa shape index (κ2) is 7.27. The first-order valence-corrected chi connectivity index (χ1v) is 8.48. The summed E-state index contributed by atoms with van der Waals surface area (Å²) >= 11 is 7.44. The zero-order chi connectivity index (χ0) is 17.9. The average Bonchev–Trinajstić information content (AvgIpc) is 2.98. The van der Waals surface area contributed by atoms with Gasteiger partial charge in [-0.1, -0.05) is 23.7 Å². The second-order valence-electron chi connectivity index (χ2n) is 5.72. The smallest absolute Gasteiger partial charge is 0.331 e. The summed E-state index contributed by atoms with van der Waals surface area (Å²) in [5.74, 6) is -1.22. The molecule has 1 amide bonds.